The van der Waals surface area contributed by atoms with Crippen molar-refractivity contribution in [3.63, 3.8) is 0 Å². The van der Waals surface area contributed by atoms with Gasteiger partial charge in [-0.15, -0.1) is 0 Å². The number of rotatable bonds is 5. The monoisotopic (exact) mass is 454 g/mol. The molecule has 0 aliphatic heterocycles. The van der Waals surface area contributed by atoms with Crippen LogP contribution in [0.15, 0.2) is 79.3 Å². The van der Waals surface area contributed by atoms with Gasteiger partial charge in [-0.1, -0.05) is 41.6 Å². The van der Waals surface area contributed by atoms with Crippen molar-refractivity contribution < 1.29 is 8.94 Å². The lowest BCUT2D eigenvalue weighted by Gasteiger charge is -2.19. The molecule has 0 spiro atoms. The lowest BCUT2D eigenvalue weighted by molar-refractivity contribution is 0.388. The second-order valence-electron chi connectivity index (χ2n) is 8.19. The van der Waals surface area contributed by atoms with Gasteiger partial charge in [-0.3, -0.25) is 19.3 Å². The molecule has 170 valence electrons. The minimum atomic E-state index is -0.657. The number of hydrogen-bond acceptors (Lipinski definition) is 7. The number of nitrogens with one attached hydrogen (secondary N) is 2. The lowest BCUT2D eigenvalue weighted by atomic mass is 9.98. The highest BCUT2D eigenvalue weighted by Crippen LogP contribution is 2.33. The Bertz CT molecular complexity index is 1620. The second kappa shape index (κ2) is 8.47. The maximum Gasteiger partial charge on any atom is 0.439 e. The van der Waals surface area contributed by atoms with Gasteiger partial charge < -0.3 is 9.73 Å². The number of H-pyrrole nitrogens is 1. The number of aromatic amines is 1. The van der Waals surface area contributed by atoms with Gasteiger partial charge in [0.25, 0.3) is 0 Å². The van der Waals surface area contributed by atoms with Gasteiger partial charge in [0.15, 0.2) is 5.43 Å². The molecule has 3 aromatic heterocycles. The van der Waals surface area contributed by atoms with Gasteiger partial charge in [-0.2, -0.15) is 0 Å². The molecule has 5 rings (SSSR count). The van der Waals surface area contributed by atoms with Crippen molar-refractivity contribution in [2.45, 2.75) is 26.8 Å². The average molecular weight is 454 g/mol. The molecular weight excluding hydrogens is 432 g/mol. The standard InChI is InChI=1S/C26H22N4O4/c1-14-12-18(16(3)28-20-10-7-11-27-21(20)25-29-26(32)34-30-25)24-19(13-14)22(31)15(2)23(33-24)17-8-5-4-6-9-17/h4-13,16,28H,1-3H3,(H,29,30,32). The predicted octanol–water partition coefficient (Wildman–Crippen LogP) is 4.99. The van der Waals surface area contributed by atoms with Gasteiger partial charge >= 0.3 is 5.76 Å². The third-order valence-corrected chi connectivity index (χ3v) is 5.74. The minimum Gasteiger partial charge on any atom is -0.455 e. The van der Waals surface area contributed by atoms with E-state index in [0.29, 0.717) is 33.7 Å². The highest BCUT2D eigenvalue weighted by molar-refractivity contribution is 5.85. The van der Waals surface area contributed by atoms with Gasteiger partial charge in [0.05, 0.1) is 17.1 Å². The maximum absolute atomic E-state index is 13.3. The molecule has 0 aliphatic carbocycles. The molecule has 8 heteroatoms. The van der Waals surface area contributed by atoms with Crippen LogP contribution in [0.4, 0.5) is 5.69 Å². The number of anilines is 1. The Labute approximate surface area is 194 Å². The average Bonchev–Trinajstić information content (AvgIpc) is 3.28. The number of aromatic nitrogens is 3. The Balaban J connectivity index is 1.64. The molecule has 0 saturated carbocycles. The first-order valence-electron chi connectivity index (χ1n) is 10.8. The molecule has 0 radical (unpaired) electrons. The maximum atomic E-state index is 13.3. The van der Waals surface area contributed by atoms with Gasteiger partial charge in [-0.25, -0.2) is 4.79 Å². The van der Waals surface area contributed by atoms with Crippen LogP contribution in [0.5, 0.6) is 0 Å². The minimum absolute atomic E-state index is 0.0560. The van der Waals surface area contributed by atoms with E-state index in [1.165, 1.54) is 0 Å². The zero-order chi connectivity index (χ0) is 23.8. The van der Waals surface area contributed by atoms with Crippen molar-refractivity contribution in [3.8, 4) is 22.8 Å². The molecule has 34 heavy (non-hydrogen) atoms. The Kier molecular flexibility index (Phi) is 5.33. The molecule has 5 aromatic rings. The van der Waals surface area contributed by atoms with Crippen LogP contribution in [0.2, 0.25) is 0 Å². The van der Waals surface area contributed by atoms with Gasteiger partial charge in [0.2, 0.25) is 5.82 Å². The fourth-order valence-corrected chi connectivity index (χ4v) is 4.11. The molecule has 2 N–H and O–H groups in total. The van der Waals surface area contributed by atoms with Crippen molar-refractivity contribution in [3.05, 3.63) is 98.3 Å². The topological polar surface area (TPSA) is 114 Å². The van der Waals surface area contributed by atoms with E-state index in [9.17, 15) is 9.59 Å². The third kappa shape index (κ3) is 3.79. The summed E-state index contributed by atoms with van der Waals surface area (Å²) in [5, 5.41) is 7.71. The van der Waals surface area contributed by atoms with Crippen LogP contribution in [0.25, 0.3) is 33.8 Å². The first-order valence-corrected chi connectivity index (χ1v) is 10.8. The number of pyridine rings is 1. The van der Waals surface area contributed by atoms with E-state index in [-0.39, 0.29) is 17.3 Å². The quantitative estimate of drug-likeness (QED) is 0.385. The van der Waals surface area contributed by atoms with E-state index in [1.807, 2.05) is 62.4 Å². The van der Waals surface area contributed by atoms with E-state index < -0.39 is 5.76 Å². The summed E-state index contributed by atoms with van der Waals surface area (Å²) in [5.41, 5.74) is 4.75. The smallest absolute Gasteiger partial charge is 0.439 e. The summed E-state index contributed by atoms with van der Waals surface area (Å²) in [6.07, 6.45) is 1.61. The van der Waals surface area contributed by atoms with Crippen LogP contribution in [-0.4, -0.2) is 15.1 Å². The van der Waals surface area contributed by atoms with Crippen LogP contribution in [0.1, 0.15) is 29.7 Å². The van der Waals surface area contributed by atoms with Crippen LogP contribution >= 0.6 is 0 Å². The van der Waals surface area contributed by atoms with E-state index in [2.05, 4.69) is 25.0 Å². The summed E-state index contributed by atoms with van der Waals surface area (Å²) in [7, 11) is 0. The number of nitrogens with zero attached hydrogens (tertiary/aromatic N) is 2. The summed E-state index contributed by atoms with van der Waals surface area (Å²) in [6.45, 7) is 5.71. The van der Waals surface area contributed by atoms with E-state index in [0.717, 1.165) is 16.7 Å². The molecule has 1 atom stereocenters. The Morgan fingerprint density at radius 3 is 2.56 bits per heavy atom. The zero-order valence-electron chi connectivity index (χ0n) is 18.9. The highest BCUT2D eigenvalue weighted by Gasteiger charge is 2.20. The van der Waals surface area contributed by atoms with Crippen molar-refractivity contribution in [1.29, 1.82) is 0 Å². The van der Waals surface area contributed by atoms with E-state index in [4.69, 9.17) is 4.42 Å². The molecule has 1 unspecified atom stereocenters. The molecule has 0 amide bonds. The van der Waals surface area contributed by atoms with E-state index >= 15 is 0 Å². The van der Waals surface area contributed by atoms with Gasteiger partial charge in [0, 0.05) is 22.9 Å². The Morgan fingerprint density at radius 2 is 1.82 bits per heavy atom. The molecule has 2 aromatic carbocycles. The number of fused-ring (bicyclic) bond motifs is 1. The largest absolute Gasteiger partial charge is 0.455 e. The van der Waals surface area contributed by atoms with Gasteiger partial charge in [-0.05, 0) is 44.5 Å². The fourth-order valence-electron chi connectivity index (χ4n) is 4.11. The molecule has 0 bridgehead atoms. The van der Waals surface area contributed by atoms with Crippen molar-refractivity contribution in [1.82, 2.24) is 15.1 Å². The lowest BCUT2D eigenvalue weighted by Crippen LogP contribution is -2.13. The van der Waals surface area contributed by atoms with Crippen LogP contribution in [0.3, 0.4) is 0 Å². The normalized spacial score (nSPS) is 12.1. The molecule has 0 saturated heterocycles. The summed E-state index contributed by atoms with van der Waals surface area (Å²) in [5.74, 6) is 0.121. The molecule has 0 aliphatic rings. The van der Waals surface area contributed by atoms with Crippen LogP contribution in [0, 0.1) is 13.8 Å². The van der Waals surface area contributed by atoms with Crippen molar-refractivity contribution in [2.75, 3.05) is 5.32 Å². The van der Waals surface area contributed by atoms with Crippen molar-refractivity contribution in [2.24, 2.45) is 0 Å². The predicted molar refractivity (Wildman–Crippen MR) is 130 cm³/mol. The Hall–Kier alpha value is -4.46. The fraction of sp³-hybridized carbons (Fsp3) is 0.154. The number of aryl methyl sites for hydroxylation is 1. The molecular formula is C26H22N4O4. The third-order valence-electron chi connectivity index (χ3n) is 5.74. The molecule has 8 nitrogen and oxygen atoms in total. The summed E-state index contributed by atoms with van der Waals surface area (Å²) in [6, 6.07) is 16.8. The first kappa shape index (κ1) is 21.4. The SMILES string of the molecule is Cc1cc(C(C)Nc2cccnc2-c2noc(=O)[nH]2)c2oc(-c3ccccc3)c(C)c(=O)c2c1. The summed E-state index contributed by atoms with van der Waals surface area (Å²) < 4.78 is 11.0. The Morgan fingerprint density at radius 1 is 1.03 bits per heavy atom. The molecule has 3 heterocycles. The first-order chi connectivity index (χ1) is 16.4. The summed E-state index contributed by atoms with van der Waals surface area (Å²) >= 11 is 0. The zero-order valence-corrected chi connectivity index (χ0v) is 18.9. The second-order valence-corrected chi connectivity index (χ2v) is 8.19. The molecule has 0 fully saturated rings. The van der Waals surface area contributed by atoms with Crippen molar-refractivity contribution >= 4 is 16.7 Å². The van der Waals surface area contributed by atoms with Crippen LogP contribution in [-0.2, 0) is 0 Å². The highest BCUT2D eigenvalue weighted by atomic mass is 16.5. The van der Waals surface area contributed by atoms with E-state index in [1.54, 1.807) is 19.2 Å². The summed E-state index contributed by atoms with van der Waals surface area (Å²) in [4.78, 5) is 31.6. The number of hydrogen-bond donors (Lipinski definition) is 2. The number of benzene rings is 2. The van der Waals surface area contributed by atoms with Crippen LogP contribution < -0.4 is 16.5 Å². The van der Waals surface area contributed by atoms with Gasteiger partial charge in [0.1, 0.15) is 17.0 Å².